The standard InChI is InChI=1S/C12H22N3O3.CH3.Sn/c1-8(2)7-11(17)15-10(9(3)16)5-4-6-14-12(13)18;;/h7-8,10H,4-6H2,1-3H3,(H,15,17)(H3,13,14,18);1H3;. The van der Waals surface area contributed by atoms with Crippen molar-refractivity contribution in [2.45, 2.75) is 48.5 Å². The Morgan fingerprint density at radius 1 is 1.25 bits per heavy atom. The molecule has 0 saturated carbocycles. The van der Waals surface area contributed by atoms with Gasteiger partial charge in [-0.25, -0.2) is 0 Å². The first-order valence-corrected chi connectivity index (χ1v) is 11.3. The fraction of sp³-hybridized carbons (Fsp3) is 0.769. The second-order valence-electron chi connectivity index (χ2n) is 5.12. The SMILES string of the molecule is [CH3][Sn][CH](C(=O)NC(CCCNC(N)=O)C(C)=O)C(C)C. The number of ketones is 1. The molecule has 3 amide bonds. The number of carbonyl (C=O) groups is 3. The average molecular weight is 390 g/mol. The average Bonchev–Trinajstić information content (AvgIpc) is 2.32. The van der Waals surface area contributed by atoms with Crippen molar-refractivity contribution in [3.8, 4) is 0 Å². The molecular weight excluding hydrogens is 365 g/mol. The molecule has 0 aromatic heterocycles. The van der Waals surface area contributed by atoms with Crippen LogP contribution in [0.3, 0.4) is 0 Å². The Labute approximate surface area is 130 Å². The number of hydrogen-bond donors (Lipinski definition) is 3. The quantitative estimate of drug-likeness (QED) is 0.399. The van der Waals surface area contributed by atoms with Crippen LogP contribution < -0.4 is 16.4 Å². The van der Waals surface area contributed by atoms with Crippen molar-refractivity contribution in [1.82, 2.24) is 10.6 Å². The van der Waals surface area contributed by atoms with Crippen LogP contribution in [0.4, 0.5) is 4.79 Å². The molecule has 0 spiro atoms. The van der Waals surface area contributed by atoms with Gasteiger partial charge in [-0.1, -0.05) is 0 Å². The van der Waals surface area contributed by atoms with Crippen molar-refractivity contribution in [3.05, 3.63) is 0 Å². The second kappa shape index (κ2) is 10.0. The van der Waals surface area contributed by atoms with Crippen molar-refractivity contribution in [2.24, 2.45) is 11.7 Å². The molecule has 0 aliphatic carbocycles. The Kier molecular flexibility index (Phi) is 9.61. The molecule has 0 aliphatic rings. The third kappa shape index (κ3) is 7.71. The van der Waals surface area contributed by atoms with Crippen LogP contribution in [-0.2, 0) is 9.59 Å². The molecule has 20 heavy (non-hydrogen) atoms. The van der Waals surface area contributed by atoms with E-state index < -0.39 is 33.2 Å². The molecule has 2 unspecified atom stereocenters. The normalized spacial score (nSPS) is 13.7. The van der Waals surface area contributed by atoms with Crippen molar-refractivity contribution >= 4 is 38.9 Å². The number of carbonyl (C=O) groups excluding carboxylic acids is 3. The maximum absolute atomic E-state index is 12.2. The van der Waals surface area contributed by atoms with Crippen LogP contribution in [-0.4, -0.2) is 51.5 Å². The number of amides is 3. The topological polar surface area (TPSA) is 101 Å². The molecule has 6 nitrogen and oxygen atoms in total. The summed E-state index contributed by atoms with van der Waals surface area (Å²) >= 11 is -0.737. The summed E-state index contributed by atoms with van der Waals surface area (Å²) in [5.41, 5.74) is 4.96. The van der Waals surface area contributed by atoms with Gasteiger partial charge in [0.05, 0.1) is 0 Å². The zero-order valence-corrected chi connectivity index (χ0v) is 15.5. The van der Waals surface area contributed by atoms with E-state index in [2.05, 4.69) is 15.6 Å². The molecule has 0 saturated heterocycles. The van der Waals surface area contributed by atoms with Gasteiger partial charge < -0.3 is 0 Å². The maximum atomic E-state index is 12.2. The van der Waals surface area contributed by atoms with Gasteiger partial charge in [0.25, 0.3) is 0 Å². The molecular formula is C13H25N3O3Sn. The summed E-state index contributed by atoms with van der Waals surface area (Å²) in [5, 5.41) is 5.32. The zero-order chi connectivity index (χ0) is 15.7. The summed E-state index contributed by atoms with van der Waals surface area (Å²) in [4.78, 5) is 36.4. The van der Waals surface area contributed by atoms with Crippen molar-refractivity contribution in [3.63, 3.8) is 0 Å². The summed E-state index contributed by atoms with van der Waals surface area (Å²) in [6, 6.07) is -1.05. The van der Waals surface area contributed by atoms with Crippen molar-refractivity contribution in [2.75, 3.05) is 6.54 Å². The predicted octanol–water partition coefficient (Wildman–Crippen LogP) is 0.705. The first-order chi connectivity index (χ1) is 9.29. The molecule has 0 rings (SSSR count). The van der Waals surface area contributed by atoms with Gasteiger partial charge in [0.15, 0.2) is 0 Å². The van der Waals surface area contributed by atoms with Crippen LogP contribution >= 0.6 is 0 Å². The van der Waals surface area contributed by atoms with Gasteiger partial charge in [-0.2, -0.15) is 0 Å². The van der Waals surface area contributed by atoms with E-state index in [-0.39, 0.29) is 15.6 Å². The van der Waals surface area contributed by atoms with E-state index in [1.165, 1.54) is 6.92 Å². The zero-order valence-electron chi connectivity index (χ0n) is 12.7. The molecule has 2 atom stereocenters. The van der Waals surface area contributed by atoms with Crippen LogP contribution in [0.5, 0.6) is 0 Å². The van der Waals surface area contributed by atoms with E-state index in [1.807, 2.05) is 13.8 Å². The van der Waals surface area contributed by atoms with Gasteiger partial charge >= 0.3 is 131 Å². The Balaban J connectivity index is 4.36. The van der Waals surface area contributed by atoms with Gasteiger partial charge in [0, 0.05) is 0 Å². The molecule has 0 aromatic carbocycles. The fourth-order valence-corrected chi connectivity index (χ4v) is 4.81. The molecule has 4 N–H and O–H groups in total. The first-order valence-electron chi connectivity index (χ1n) is 6.81. The van der Waals surface area contributed by atoms with Gasteiger partial charge in [-0.15, -0.1) is 0 Å². The minimum atomic E-state index is -0.737. The summed E-state index contributed by atoms with van der Waals surface area (Å²) in [5.74, 6) is 0.259. The van der Waals surface area contributed by atoms with Crippen LogP contribution in [0, 0.1) is 5.92 Å². The second-order valence-corrected chi connectivity index (χ2v) is 8.54. The molecule has 0 bridgehead atoms. The molecule has 114 valence electrons. The van der Waals surface area contributed by atoms with Crippen LogP contribution in [0.1, 0.15) is 33.6 Å². The van der Waals surface area contributed by atoms with E-state index in [9.17, 15) is 14.4 Å². The van der Waals surface area contributed by atoms with E-state index in [1.54, 1.807) is 0 Å². The molecule has 0 heterocycles. The van der Waals surface area contributed by atoms with Gasteiger partial charge in [-0.3, -0.25) is 0 Å². The third-order valence-corrected chi connectivity index (χ3v) is 7.46. The van der Waals surface area contributed by atoms with E-state index in [0.29, 0.717) is 25.3 Å². The number of urea groups is 1. The Morgan fingerprint density at radius 3 is 2.25 bits per heavy atom. The molecule has 0 fully saturated rings. The number of hydrogen-bond acceptors (Lipinski definition) is 3. The number of rotatable bonds is 9. The fourth-order valence-electron chi connectivity index (χ4n) is 1.92. The first kappa shape index (κ1) is 19.2. The number of Topliss-reactive ketones (excluding diaryl/α,β-unsaturated/α-hetero) is 1. The van der Waals surface area contributed by atoms with E-state index in [0.717, 1.165) is 0 Å². The van der Waals surface area contributed by atoms with Crippen molar-refractivity contribution in [1.29, 1.82) is 0 Å². The summed E-state index contributed by atoms with van der Waals surface area (Å²) in [6.45, 7) is 5.96. The number of nitrogens with two attached hydrogens (primary N) is 1. The van der Waals surface area contributed by atoms with Crippen molar-refractivity contribution < 1.29 is 14.4 Å². The van der Waals surface area contributed by atoms with Crippen LogP contribution in [0.2, 0.25) is 8.87 Å². The summed E-state index contributed by atoms with van der Waals surface area (Å²) < 4.78 is 0.0872. The summed E-state index contributed by atoms with van der Waals surface area (Å²) in [6.07, 6.45) is 1.12. The van der Waals surface area contributed by atoms with Crippen LogP contribution in [0.15, 0.2) is 0 Å². The third-order valence-electron chi connectivity index (χ3n) is 3.04. The van der Waals surface area contributed by atoms with Gasteiger partial charge in [0.1, 0.15) is 0 Å². The molecule has 0 aliphatic heterocycles. The predicted molar refractivity (Wildman–Crippen MR) is 79.6 cm³/mol. The van der Waals surface area contributed by atoms with Gasteiger partial charge in [0.2, 0.25) is 0 Å². The monoisotopic (exact) mass is 391 g/mol. The molecule has 7 heteroatoms. The Morgan fingerprint density at radius 2 is 1.85 bits per heavy atom. The van der Waals surface area contributed by atoms with E-state index >= 15 is 0 Å². The Bertz CT molecular complexity index is 348. The number of nitrogens with one attached hydrogen (secondary N) is 2. The number of primary amides is 1. The minimum absolute atomic E-state index is 0.00263. The molecule has 2 radical (unpaired) electrons. The van der Waals surface area contributed by atoms with Crippen LogP contribution in [0.25, 0.3) is 0 Å². The molecule has 0 aromatic rings. The Hall–Kier alpha value is -0.791. The van der Waals surface area contributed by atoms with E-state index in [4.69, 9.17) is 5.73 Å². The van der Waals surface area contributed by atoms with Gasteiger partial charge in [-0.05, 0) is 0 Å². The summed E-state index contributed by atoms with van der Waals surface area (Å²) in [7, 11) is 0.